The maximum atomic E-state index is 11.6. The summed E-state index contributed by atoms with van der Waals surface area (Å²) < 4.78 is 5.82. The zero-order chi connectivity index (χ0) is 12.0. The number of para-hydroxylation sites is 1. The van der Waals surface area contributed by atoms with Crippen molar-refractivity contribution in [2.45, 2.75) is 25.7 Å². The maximum absolute atomic E-state index is 11.6. The lowest BCUT2D eigenvalue weighted by molar-refractivity contribution is -0.120. The highest BCUT2D eigenvalue weighted by molar-refractivity contribution is 6.34. The Morgan fingerprint density at radius 2 is 2.24 bits per heavy atom. The monoisotopic (exact) mass is 248 g/mol. The van der Waals surface area contributed by atoms with Crippen LogP contribution >= 0.6 is 11.6 Å². The minimum Gasteiger partial charge on any atom is -0.459 e. The zero-order valence-corrected chi connectivity index (χ0v) is 10.3. The average Bonchev–Trinajstić information content (AvgIpc) is 2.85. The molecule has 3 heteroatoms. The molecule has 1 saturated carbocycles. The molecule has 2 aromatic rings. The van der Waals surface area contributed by atoms with Crippen molar-refractivity contribution in [2.75, 3.05) is 0 Å². The van der Waals surface area contributed by atoms with Crippen molar-refractivity contribution in [2.24, 2.45) is 5.92 Å². The SMILES string of the molecule is CC1C(=O)CCC1c1cc2cccc(Cl)c2o1. The summed E-state index contributed by atoms with van der Waals surface area (Å²) in [4.78, 5) is 11.6. The van der Waals surface area contributed by atoms with E-state index in [0.29, 0.717) is 17.2 Å². The molecule has 2 nitrogen and oxygen atoms in total. The smallest absolute Gasteiger partial charge is 0.152 e. The molecule has 1 heterocycles. The fourth-order valence-corrected chi connectivity index (χ4v) is 2.84. The van der Waals surface area contributed by atoms with Crippen molar-refractivity contribution >= 4 is 28.4 Å². The lowest BCUT2D eigenvalue weighted by Crippen LogP contribution is -2.07. The van der Waals surface area contributed by atoms with Gasteiger partial charge in [0.15, 0.2) is 5.58 Å². The third-order valence-electron chi connectivity index (χ3n) is 3.69. The second-order valence-corrected chi connectivity index (χ2v) is 5.11. The lowest BCUT2D eigenvalue weighted by atomic mass is 9.95. The van der Waals surface area contributed by atoms with Gasteiger partial charge in [0.25, 0.3) is 0 Å². The quantitative estimate of drug-likeness (QED) is 0.758. The molecule has 0 amide bonds. The normalized spacial score (nSPS) is 24.7. The molecule has 0 aliphatic heterocycles. The van der Waals surface area contributed by atoms with Crippen molar-refractivity contribution in [1.29, 1.82) is 0 Å². The Labute approximate surface area is 105 Å². The van der Waals surface area contributed by atoms with Crippen molar-refractivity contribution in [3.05, 3.63) is 35.0 Å². The highest BCUT2D eigenvalue weighted by Gasteiger charge is 2.34. The third kappa shape index (κ3) is 1.67. The first-order valence-electron chi connectivity index (χ1n) is 5.87. The molecule has 88 valence electrons. The van der Waals surface area contributed by atoms with Crippen LogP contribution in [0.3, 0.4) is 0 Å². The highest BCUT2D eigenvalue weighted by atomic mass is 35.5. The molecular formula is C14H13ClO2. The van der Waals surface area contributed by atoms with Gasteiger partial charge in [-0.1, -0.05) is 30.7 Å². The van der Waals surface area contributed by atoms with Crippen LogP contribution in [0.2, 0.25) is 5.02 Å². The number of Topliss-reactive ketones (excluding diaryl/α,β-unsaturated/α-hetero) is 1. The maximum Gasteiger partial charge on any atom is 0.152 e. The fraction of sp³-hybridized carbons (Fsp3) is 0.357. The Balaban J connectivity index is 2.07. The van der Waals surface area contributed by atoms with Gasteiger partial charge in [-0.2, -0.15) is 0 Å². The van der Waals surface area contributed by atoms with Gasteiger partial charge in [0.2, 0.25) is 0 Å². The van der Waals surface area contributed by atoms with E-state index in [1.807, 2.05) is 31.2 Å². The number of fused-ring (bicyclic) bond motifs is 1. The standard InChI is InChI=1S/C14H13ClO2/c1-8-10(5-6-12(8)16)13-7-9-3-2-4-11(15)14(9)17-13/h2-4,7-8,10H,5-6H2,1H3. The van der Waals surface area contributed by atoms with Crippen molar-refractivity contribution in [3.8, 4) is 0 Å². The predicted molar refractivity (Wildman–Crippen MR) is 67.4 cm³/mol. The van der Waals surface area contributed by atoms with Crippen LogP contribution in [0.4, 0.5) is 0 Å². The Bertz CT molecular complexity index is 585. The van der Waals surface area contributed by atoms with Crippen LogP contribution in [0, 0.1) is 5.92 Å². The van der Waals surface area contributed by atoms with Crippen LogP contribution in [0.5, 0.6) is 0 Å². The summed E-state index contributed by atoms with van der Waals surface area (Å²) in [6, 6.07) is 7.73. The summed E-state index contributed by atoms with van der Waals surface area (Å²) in [5.41, 5.74) is 0.732. The number of carbonyl (C=O) groups excluding carboxylic acids is 1. The van der Waals surface area contributed by atoms with Crippen LogP contribution < -0.4 is 0 Å². The van der Waals surface area contributed by atoms with Gasteiger partial charge >= 0.3 is 0 Å². The molecule has 1 aliphatic rings. The highest BCUT2D eigenvalue weighted by Crippen LogP contribution is 2.40. The number of ketones is 1. The molecule has 0 spiro atoms. The molecule has 1 aromatic carbocycles. The van der Waals surface area contributed by atoms with E-state index in [-0.39, 0.29) is 11.8 Å². The number of hydrogen-bond donors (Lipinski definition) is 0. The van der Waals surface area contributed by atoms with E-state index in [1.54, 1.807) is 0 Å². The van der Waals surface area contributed by atoms with E-state index >= 15 is 0 Å². The van der Waals surface area contributed by atoms with Gasteiger partial charge in [-0.05, 0) is 18.6 Å². The van der Waals surface area contributed by atoms with E-state index < -0.39 is 0 Å². The second-order valence-electron chi connectivity index (χ2n) is 4.71. The number of benzene rings is 1. The predicted octanol–water partition coefficient (Wildman–Crippen LogP) is 4.17. The minimum atomic E-state index is 0.0642. The first kappa shape index (κ1) is 10.8. The van der Waals surface area contributed by atoms with E-state index in [0.717, 1.165) is 23.2 Å². The van der Waals surface area contributed by atoms with Crippen molar-refractivity contribution in [1.82, 2.24) is 0 Å². The molecule has 1 aliphatic carbocycles. The molecular weight excluding hydrogens is 236 g/mol. The van der Waals surface area contributed by atoms with Crippen LogP contribution in [0.1, 0.15) is 31.4 Å². The number of rotatable bonds is 1. The van der Waals surface area contributed by atoms with Gasteiger partial charge in [-0.15, -0.1) is 0 Å². The Morgan fingerprint density at radius 3 is 2.88 bits per heavy atom. The van der Waals surface area contributed by atoms with E-state index in [9.17, 15) is 4.79 Å². The summed E-state index contributed by atoms with van der Waals surface area (Å²) in [7, 11) is 0. The van der Waals surface area contributed by atoms with E-state index in [2.05, 4.69) is 0 Å². The number of furan rings is 1. The number of hydrogen-bond acceptors (Lipinski definition) is 2. The van der Waals surface area contributed by atoms with Gasteiger partial charge in [0.1, 0.15) is 11.5 Å². The Morgan fingerprint density at radius 1 is 1.41 bits per heavy atom. The molecule has 0 radical (unpaired) electrons. The Hall–Kier alpha value is -1.28. The van der Waals surface area contributed by atoms with Crippen LogP contribution in [0.25, 0.3) is 11.0 Å². The summed E-state index contributed by atoms with van der Waals surface area (Å²) in [5.74, 6) is 1.51. The van der Waals surface area contributed by atoms with Gasteiger partial charge in [0.05, 0.1) is 5.02 Å². The summed E-state index contributed by atoms with van der Waals surface area (Å²) in [5, 5.41) is 1.64. The van der Waals surface area contributed by atoms with Crippen LogP contribution in [-0.4, -0.2) is 5.78 Å². The zero-order valence-electron chi connectivity index (χ0n) is 9.57. The van der Waals surface area contributed by atoms with Gasteiger partial charge in [-0.25, -0.2) is 0 Å². The van der Waals surface area contributed by atoms with Crippen LogP contribution in [0.15, 0.2) is 28.7 Å². The second kappa shape index (κ2) is 3.88. The molecule has 3 rings (SSSR count). The van der Waals surface area contributed by atoms with Crippen molar-refractivity contribution < 1.29 is 9.21 Å². The summed E-state index contributed by atoms with van der Waals surface area (Å²) in [6.45, 7) is 1.98. The van der Waals surface area contributed by atoms with Gasteiger partial charge < -0.3 is 4.42 Å². The first-order valence-corrected chi connectivity index (χ1v) is 6.25. The van der Waals surface area contributed by atoms with E-state index in [4.69, 9.17) is 16.0 Å². The molecule has 1 fully saturated rings. The molecule has 0 saturated heterocycles. The molecule has 0 N–H and O–H groups in total. The largest absolute Gasteiger partial charge is 0.459 e. The lowest BCUT2D eigenvalue weighted by Gasteiger charge is -2.09. The fourth-order valence-electron chi connectivity index (χ4n) is 2.62. The van der Waals surface area contributed by atoms with Crippen molar-refractivity contribution in [3.63, 3.8) is 0 Å². The average molecular weight is 249 g/mol. The third-order valence-corrected chi connectivity index (χ3v) is 3.99. The van der Waals surface area contributed by atoms with Crippen LogP contribution in [-0.2, 0) is 4.79 Å². The van der Waals surface area contributed by atoms with E-state index in [1.165, 1.54) is 0 Å². The van der Waals surface area contributed by atoms with Gasteiger partial charge in [0, 0.05) is 23.6 Å². The Kier molecular flexibility index (Phi) is 2.48. The molecule has 2 atom stereocenters. The molecule has 2 unspecified atom stereocenters. The number of carbonyl (C=O) groups is 1. The number of halogens is 1. The summed E-state index contributed by atoms with van der Waals surface area (Å²) >= 11 is 6.08. The first-order chi connectivity index (χ1) is 8.16. The summed E-state index contributed by atoms with van der Waals surface area (Å²) in [6.07, 6.45) is 1.55. The van der Waals surface area contributed by atoms with Gasteiger partial charge in [-0.3, -0.25) is 4.79 Å². The minimum absolute atomic E-state index is 0.0642. The molecule has 1 aromatic heterocycles. The molecule has 17 heavy (non-hydrogen) atoms. The topological polar surface area (TPSA) is 30.2 Å². The molecule has 0 bridgehead atoms.